The third-order valence-corrected chi connectivity index (χ3v) is 9.76. The molecule has 0 amide bonds. The first-order valence-corrected chi connectivity index (χ1v) is 15.6. The van der Waals surface area contributed by atoms with E-state index >= 15 is 0 Å². The van der Waals surface area contributed by atoms with Gasteiger partial charge in [-0.05, 0) is 61.2 Å². The third-order valence-electron chi connectivity index (χ3n) is 8.56. The van der Waals surface area contributed by atoms with Crippen molar-refractivity contribution in [3.63, 3.8) is 0 Å². The zero-order chi connectivity index (χ0) is 29.1. The number of nitrogens with zero attached hydrogens (tertiary/aromatic N) is 2. The number of rotatable bonds is 10. The number of methoxy groups -OCH3 is 1. The number of thiophene rings is 1. The summed E-state index contributed by atoms with van der Waals surface area (Å²) in [5.74, 6) is 0.824. The highest BCUT2D eigenvalue weighted by Crippen LogP contribution is 2.41. The van der Waals surface area contributed by atoms with Crippen LogP contribution in [0, 0.1) is 0 Å². The minimum Gasteiger partial charge on any atom is -0.508 e. The van der Waals surface area contributed by atoms with Crippen LogP contribution >= 0.6 is 11.3 Å². The molecule has 220 valence electrons. The molecular formula is C34H38N2O5S. The lowest BCUT2D eigenvalue weighted by Crippen LogP contribution is -2.35. The molecule has 1 unspecified atom stereocenters. The summed E-state index contributed by atoms with van der Waals surface area (Å²) in [5, 5.41) is 20.7. The standard InChI is InChI=1S/C34H38N2O5S/c1-40-30-19-25(8-9-26(30)21-35-15-17-41-18-16-35)33(39)32-29-11-10-28(38)20-31(29)42-34(32)24-6-4-23(5-7-24)12-14-36-13-2-3-27(36)22-37/h4-11,19-20,27,37-38H,2-3,12-18,21-22H2,1H3. The van der Waals surface area contributed by atoms with E-state index in [0.717, 1.165) is 91.3 Å². The fraction of sp³-hybridized carbons (Fsp3) is 0.382. The molecule has 3 heterocycles. The minimum absolute atomic E-state index is 0.0636. The molecule has 3 aromatic carbocycles. The lowest BCUT2D eigenvalue weighted by molar-refractivity contribution is 0.0339. The number of carbonyl (C=O) groups excluding carboxylic acids is 1. The maximum absolute atomic E-state index is 14.2. The Morgan fingerprint density at radius 3 is 2.62 bits per heavy atom. The van der Waals surface area contributed by atoms with Gasteiger partial charge in [0, 0.05) is 63.9 Å². The highest BCUT2D eigenvalue weighted by Gasteiger charge is 2.25. The van der Waals surface area contributed by atoms with Gasteiger partial charge in [0.05, 0.1) is 26.9 Å². The summed E-state index contributed by atoms with van der Waals surface area (Å²) in [6, 6.07) is 19.7. The van der Waals surface area contributed by atoms with Gasteiger partial charge in [-0.15, -0.1) is 11.3 Å². The molecule has 6 rings (SSSR count). The molecule has 1 aromatic heterocycles. The van der Waals surface area contributed by atoms with E-state index in [1.807, 2.05) is 24.3 Å². The van der Waals surface area contributed by atoms with E-state index in [-0.39, 0.29) is 24.2 Å². The summed E-state index contributed by atoms with van der Waals surface area (Å²) >= 11 is 1.53. The van der Waals surface area contributed by atoms with Crippen LogP contribution in [0.3, 0.4) is 0 Å². The van der Waals surface area contributed by atoms with E-state index in [9.17, 15) is 15.0 Å². The average Bonchev–Trinajstić information content (AvgIpc) is 3.64. The van der Waals surface area contributed by atoms with Crippen molar-refractivity contribution in [1.82, 2.24) is 9.80 Å². The number of carbonyl (C=O) groups is 1. The van der Waals surface area contributed by atoms with Gasteiger partial charge in [0.2, 0.25) is 0 Å². The van der Waals surface area contributed by atoms with E-state index in [1.54, 1.807) is 19.2 Å². The van der Waals surface area contributed by atoms with Crippen LogP contribution in [0.25, 0.3) is 20.5 Å². The van der Waals surface area contributed by atoms with Crippen molar-refractivity contribution in [3.8, 4) is 21.9 Å². The van der Waals surface area contributed by atoms with Crippen LogP contribution in [0.4, 0.5) is 0 Å². The number of aliphatic hydroxyl groups is 1. The quantitative estimate of drug-likeness (QED) is 0.243. The van der Waals surface area contributed by atoms with E-state index in [2.05, 4.69) is 34.1 Å². The van der Waals surface area contributed by atoms with E-state index in [4.69, 9.17) is 9.47 Å². The highest BCUT2D eigenvalue weighted by molar-refractivity contribution is 7.22. The van der Waals surface area contributed by atoms with Crippen molar-refractivity contribution in [2.45, 2.75) is 31.8 Å². The molecule has 7 nitrogen and oxygen atoms in total. The molecule has 0 spiro atoms. The lowest BCUT2D eigenvalue weighted by Gasteiger charge is -2.27. The van der Waals surface area contributed by atoms with E-state index in [0.29, 0.717) is 16.9 Å². The number of hydrogen-bond donors (Lipinski definition) is 2. The van der Waals surface area contributed by atoms with Gasteiger partial charge >= 0.3 is 0 Å². The zero-order valence-electron chi connectivity index (χ0n) is 24.1. The third kappa shape index (κ3) is 6.09. The lowest BCUT2D eigenvalue weighted by atomic mass is 9.96. The van der Waals surface area contributed by atoms with Crippen molar-refractivity contribution in [2.24, 2.45) is 0 Å². The van der Waals surface area contributed by atoms with Crippen molar-refractivity contribution < 1.29 is 24.5 Å². The summed E-state index contributed by atoms with van der Waals surface area (Å²) in [4.78, 5) is 19.8. The number of aliphatic hydroxyl groups excluding tert-OH is 1. The predicted molar refractivity (Wildman–Crippen MR) is 167 cm³/mol. The second-order valence-corrected chi connectivity index (χ2v) is 12.2. The van der Waals surface area contributed by atoms with Crippen molar-refractivity contribution >= 4 is 27.2 Å². The second kappa shape index (κ2) is 12.9. The number of hydrogen-bond acceptors (Lipinski definition) is 8. The fourth-order valence-electron chi connectivity index (χ4n) is 6.17. The Kier molecular flexibility index (Phi) is 8.88. The van der Waals surface area contributed by atoms with Crippen molar-refractivity contribution in [1.29, 1.82) is 0 Å². The molecule has 8 heteroatoms. The molecule has 0 aliphatic carbocycles. The molecule has 0 bridgehead atoms. The van der Waals surface area contributed by atoms with Crippen LogP contribution < -0.4 is 4.74 Å². The van der Waals surface area contributed by atoms with Gasteiger partial charge in [-0.3, -0.25) is 14.6 Å². The van der Waals surface area contributed by atoms with Crippen LogP contribution in [0.2, 0.25) is 0 Å². The fourth-order valence-corrected chi connectivity index (χ4v) is 7.41. The van der Waals surface area contributed by atoms with Crippen molar-refractivity contribution in [2.75, 3.05) is 53.1 Å². The first-order valence-electron chi connectivity index (χ1n) is 14.8. The molecule has 0 radical (unpaired) electrons. The van der Waals surface area contributed by atoms with Crippen LogP contribution in [-0.2, 0) is 17.7 Å². The van der Waals surface area contributed by atoms with Gasteiger partial charge in [0.1, 0.15) is 11.5 Å². The Balaban J connectivity index is 1.29. The largest absolute Gasteiger partial charge is 0.508 e. The number of ketones is 1. The Bertz CT molecular complexity index is 1540. The Hall–Kier alpha value is -3.27. The molecule has 42 heavy (non-hydrogen) atoms. The number of likely N-dealkylation sites (tertiary alicyclic amines) is 1. The molecule has 2 fully saturated rings. The number of aromatic hydroxyl groups is 1. The summed E-state index contributed by atoms with van der Waals surface area (Å²) in [6.07, 6.45) is 3.13. The normalized spacial score (nSPS) is 18.1. The number of phenols is 1. The molecule has 2 aliphatic heterocycles. The molecule has 2 aliphatic rings. The Morgan fingerprint density at radius 1 is 1.05 bits per heavy atom. The van der Waals surface area contributed by atoms with Crippen LogP contribution in [0.1, 0.15) is 39.9 Å². The molecule has 1 atom stereocenters. The minimum atomic E-state index is -0.0636. The predicted octanol–water partition coefficient (Wildman–Crippen LogP) is 5.34. The van der Waals surface area contributed by atoms with Gasteiger partial charge in [0.25, 0.3) is 0 Å². The zero-order valence-corrected chi connectivity index (χ0v) is 24.9. The van der Waals surface area contributed by atoms with Crippen LogP contribution in [0.15, 0.2) is 60.7 Å². The monoisotopic (exact) mass is 586 g/mol. The number of phenolic OH excluding ortho intramolecular Hbond substituents is 1. The Morgan fingerprint density at radius 2 is 1.86 bits per heavy atom. The maximum atomic E-state index is 14.2. The SMILES string of the molecule is COc1cc(C(=O)c2c(-c3ccc(CCN4CCCC4CO)cc3)sc3cc(O)ccc23)ccc1CN1CCOCC1. The molecule has 0 saturated carbocycles. The number of morpholine rings is 1. The number of benzene rings is 3. The Labute approximate surface area is 250 Å². The average molecular weight is 587 g/mol. The molecule has 4 aromatic rings. The van der Waals surface area contributed by atoms with Crippen LogP contribution in [0.5, 0.6) is 11.5 Å². The maximum Gasteiger partial charge on any atom is 0.195 e. The van der Waals surface area contributed by atoms with Crippen molar-refractivity contribution in [3.05, 3.63) is 82.9 Å². The van der Waals surface area contributed by atoms with Gasteiger partial charge in [-0.2, -0.15) is 0 Å². The van der Waals surface area contributed by atoms with Gasteiger partial charge in [0.15, 0.2) is 5.78 Å². The summed E-state index contributed by atoms with van der Waals surface area (Å²) in [5.41, 5.74) is 4.48. The van der Waals surface area contributed by atoms with Gasteiger partial charge in [-0.1, -0.05) is 36.4 Å². The van der Waals surface area contributed by atoms with Gasteiger partial charge < -0.3 is 19.7 Å². The first-order chi connectivity index (χ1) is 20.5. The van der Waals surface area contributed by atoms with E-state index in [1.165, 1.54) is 16.9 Å². The molecule has 2 saturated heterocycles. The molecular weight excluding hydrogens is 548 g/mol. The smallest absolute Gasteiger partial charge is 0.195 e. The first kappa shape index (κ1) is 28.8. The number of ether oxygens (including phenoxy) is 2. The topological polar surface area (TPSA) is 82.5 Å². The van der Waals surface area contributed by atoms with E-state index < -0.39 is 0 Å². The number of fused-ring (bicyclic) bond motifs is 1. The summed E-state index contributed by atoms with van der Waals surface area (Å²) < 4.78 is 12.1. The summed E-state index contributed by atoms with van der Waals surface area (Å²) in [6.45, 7) is 6.15. The second-order valence-electron chi connectivity index (χ2n) is 11.2. The summed E-state index contributed by atoms with van der Waals surface area (Å²) in [7, 11) is 1.65. The molecule has 2 N–H and O–H groups in total. The van der Waals surface area contributed by atoms with Crippen LogP contribution in [-0.4, -0.2) is 84.9 Å². The van der Waals surface area contributed by atoms with Gasteiger partial charge in [-0.25, -0.2) is 0 Å². The highest BCUT2D eigenvalue weighted by atomic mass is 32.1.